The molecule has 0 radical (unpaired) electrons. The van der Waals surface area contributed by atoms with Crippen molar-refractivity contribution < 1.29 is 14.6 Å². The third kappa shape index (κ3) is 3.19. The molecular formula is C14H22O3. The lowest BCUT2D eigenvalue weighted by molar-refractivity contribution is -0.146. The third-order valence-corrected chi connectivity index (χ3v) is 3.81. The van der Waals surface area contributed by atoms with Crippen LogP contribution in [-0.4, -0.2) is 24.3 Å². The van der Waals surface area contributed by atoms with Gasteiger partial charge in [-0.05, 0) is 33.1 Å². The zero-order valence-corrected chi connectivity index (χ0v) is 10.9. The van der Waals surface area contributed by atoms with E-state index in [-0.39, 0.29) is 17.9 Å². The van der Waals surface area contributed by atoms with Crippen molar-refractivity contribution in [2.45, 2.75) is 39.2 Å². The van der Waals surface area contributed by atoms with Crippen LogP contribution in [0.3, 0.4) is 0 Å². The van der Waals surface area contributed by atoms with E-state index < -0.39 is 5.97 Å². The fourth-order valence-corrected chi connectivity index (χ4v) is 2.60. The van der Waals surface area contributed by atoms with Gasteiger partial charge >= 0.3 is 5.97 Å². The smallest absolute Gasteiger partial charge is 0.307 e. The van der Waals surface area contributed by atoms with Gasteiger partial charge in [0, 0.05) is 13.0 Å². The molecule has 3 atom stereocenters. The largest absolute Gasteiger partial charge is 0.481 e. The summed E-state index contributed by atoms with van der Waals surface area (Å²) in [6.07, 6.45) is 3.92. The van der Waals surface area contributed by atoms with Gasteiger partial charge in [0.2, 0.25) is 0 Å². The number of carbonyl (C=O) groups is 1. The zero-order chi connectivity index (χ0) is 13.0. The van der Waals surface area contributed by atoms with E-state index in [0.717, 1.165) is 6.42 Å². The number of hydrogen-bond donors (Lipinski definition) is 1. The van der Waals surface area contributed by atoms with Crippen molar-refractivity contribution in [2.75, 3.05) is 7.11 Å². The van der Waals surface area contributed by atoms with Crippen molar-refractivity contribution in [3.05, 3.63) is 23.8 Å². The molecule has 0 aromatic rings. The molecule has 1 rings (SSSR count). The van der Waals surface area contributed by atoms with E-state index in [1.807, 2.05) is 6.92 Å². The van der Waals surface area contributed by atoms with Crippen molar-refractivity contribution in [1.82, 2.24) is 0 Å². The summed E-state index contributed by atoms with van der Waals surface area (Å²) in [5.41, 5.74) is 2.51. The Bertz CT molecular complexity index is 330. The van der Waals surface area contributed by atoms with Crippen LogP contribution >= 0.6 is 0 Å². The molecule has 0 saturated heterocycles. The van der Waals surface area contributed by atoms with Crippen LogP contribution in [0, 0.1) is 11.8 Å². The lowest BCUT2D eigenvalue weighted by atomic mass is 9.73. The summed E-state index contributed by atoms with van der Waals surface area (Å²) in [5, 5.41) is 9.32. The number of methoxy groups -OCH3 is 1. The molecular weight excluding hydrogens is 216 g/mol. The van der Waals surface area contributed by atoms with Crippen LogP contribution in [0.5, 0.6) is 0 Å². The lowest BCUT2D eigenvalue weighted by Crippen LogP contribution is -2.36. The Kier molecular flexibility index (Phi) is 4.94. The molecule has 1 aliphatic carbocycles. The Morgan fingerprint density at radius 3 is 2.59 bits per heavy atom. The molecule has 0 unspecified atom stereocenters. The molecule has 3 heteroatoms. The number of ether oxygens (including phenoxy) is 1. The lowest BCUT2D eigenvalue weighted by Gasteiger charge is -2.35. The molecule has 1 aliphatic rings. The SMILES string of the molecule is C=CC[C@@H](OC)[C@@H]1CC(C)=C(C)C[C@@H]1C(=O)O. The summed E-state index contributed by atoms with van der Waals surface area (Å²) >= 11 is 0. The summed E-state index contributed by atoms with van der Waals surface area (Å²) in [4.78, 5) is 11.3. The molecule has 17 heavy (non-hydrogen) atoms. The Morgan fingerprint density at radius 2 is 2.12 bits per heavy atom. The van der Waals surface area contributed by atoms with Crippen molar-refractivity contribution in [3.63, 3.8) is 0 Å². The molecule has 0 saturated carbocycles. The number of aliphatic carboxylic acids is 1. The summed E-state index contributed by atoms with van der Waals surface area (Å²) in [6.45, 7) is 7.82. The monoisotopic (exact) mass is 238 g/mol. The number of carboxylic acids is 1. The normalized spacial score (nSPS) is 26.8. The van der Waals surface area contributed by atoms with Crippen LogP contribution in [0.25, 0.3) is 0 Å². The van der Waals surface area contributed by atoms with Crippen molar-refractivity contribution in [3.8, 4) is 0 Å². The second-order valence-electron chi connectivity index (χ2n) is 4.88. The van der Waals surface area contributed by atoms with E-state index in [1.165, 1.54) is 11.1 Å². The maximum absolute atomic E-state index is 11.3. The predicted octanol–water partition coefficient (Wildman–Crippen LogP) is 3.02. The minimum atomic E-state index is -0.715. The Morgan fingerprint density at radius 1 is 1.53 bits per heavy atom. The number of hydrogen-bond acceptors (Lipinski definition) is 2. The van der Waals surface area contributed by atoms with Crippen molar-refractivity contribution >= 4 is 5.97 Å². The molecule has 0 bridgehead atoms. The first-order valence-corrected chi connectivity index (χ1v) is 6.03. The summed E-state index contributed by atoms with van der Waals surface area (Å²) in [5.74, 6) is -0.990. The minimum absolute atomic E-state index is 0.0448. The van der Waals surface area contributed by atoms with Crippen molar-refractivity contribution in [1.29, 1.82) is 0 Å². The van der Waals surface area contributed by atoms with Crippen LogP contribution in [0.4, 0.5) is 0 Å². The topological polar surface area (TPSA) is 46.5 Å². The van der Waals surface area contributed by atoms with E-state index in [9.17, 15) is 9.90 Å². The van der Waals surface area contributed by atoms with Gasteiger partial charge < -0.3 is 9.84 Å². The fraction of sp³-hybridized carbons (Fsp3) is 0.643. The second kappa shape index (κ2) is 6.01. The quantitative estimate of drug-likeness (QED) is 0.749. The minimum Gasteiger partial charge on any atom is -0.481 e. The van der Waals surface area contributed by atoms with Gasteiger partial charge in [0.1, 0.15) is 0 Å². The first-order valence-electron chi connectivity index (χ1n) is 6.03. The highest BCUT2D eigenvalue weighted by Gasteiger charge is 2.37. The van der Waals surface area contributed by atoms with E-state index in [2.05, 4.69) is 13.5 Å². The number of allylic oxidation sites excluding steroid dienone is 2. The average molecular weight is 238 g/mol. The van der Waals surface area contributed by atoms with Gasteiger partial charge in [-0.2, -0.15) is 0 Å². The highest BCUT2D eigenvalue weighted by molar-refractivity contribution is 5.71. The molecule has 0 aromatic carbocycles. The molecule has 3 nitrogen and oxygen atoms in total. The number of carboxylic acid groups (broad SMARTS) is 1. The highest BCUT2D eigenvalue weighted by atomic mass is 16.5. The van der Waals surface area contributed by atoms with Crippen LogP contribution in [0.15, 0.2) is 23.8 Å². The van der Waals surface area contributed by atoms with Crippen LogP contribution < -0.4 is 0 Å². The molecule has 0 aromatic heterocycles. The van der Waals surface area contributed by atoms with Gasteiger partial charge in [-0.1, -0.05) is 17.2 Å². The molecule has 0 heterocycles. The van der Waals surface area contributed by atoms with Crippen LogP contribution in [-0.2, 0) is 9.53 Å². The van der Waals surface area contributed by atoms with Crippen molar-refractivity contribution in [2.24, 2.45) is 11.8 Å². The molecule has 0 amide bonds. The number of rotatable bonds is 5. The fourth-order valence-electron chi connectivity index (χ4n) is 2.60. The van der Waals surface area contributed by atoms with Gasteiger partial charge in [-0.25, -0.2) is 0 Å². The van der Waals surface area contributed by atoms with Gasteiger partial charge in [-0.3, -0.25) is 4.79 Å². The summed E-state index contributed by atoms with van der Waals surface area (Å²) in [6, 6.07) is 0. The second-order valence-corrected chi connectivity index (χ2v) is 4.88. The van der Waals surface area contributed by atoms with E-state index in [0.29, 0.717) is 12.8 Å². The molecule has 0 fully saturated rings. The summed E-state index contributed by atoms with van der Waals surface area (Å²) < 4.78 is 5.44. The van der Waals surface area contributed by atoms with Gasteiger partial charge in [0.25, 0.3) is 0 Å². The first kappa shape index (κ1) is 14.0. The molecule has 0 aliphatic heterocycles. The van der Waals surface area contributed by atoms with Crippen LogP contribution in [0.2, 0.25) is 0 Å². The Labute approximate surface area is 103 Å². The Balaban J connectivity index is 2.93. The zero-order valence-electron chi connectivity index (χ0n) is 10.9. The predicted molar refractivity (Wildman–Crippen MR) is 67.8 cm³/mol. The van der Waals surface area contributed by atoms with E-state index in [1.54, 1.807) is 13.2 Å². The third-order valence-electron chi connectivity index (χ3n) is 3.81. The first-order chi connectivity index (χ1) is 8.01. The van der Waals surface area contributed by atoms with Gasteiger partial charge in [0.05, 0.1) is 12.0 Å². The standard InChI is InChI=1S/C14H22O3/c1-5-6-13(17-4)11-7-9(2)10(3)8-12(11)14(15)16/h5,11-13H,1,6-8H2,2-4H3,(H,15,16)/t11-,12+,13-/m1/s1. The Hall–Kier alpha value is -1.09. The summed E-state index contributed by atoms with van der Waals surface area (Å²) in [7, 11) is 1.65. The molecule has 96 valence electrons. The van der Waals surface area contributed by atoms with Gasteiger partial charge in [-0.15, -0.1) is 6.58 Å². The maximum atomic E-state index is 11.3. The average Bonchev–Trinajstić information content (AvgIpc) is 2.29. The van der Waals surface area contributed by atoms with E-state index in [4.69, 9.17) is 4.74 Å². The highest BCUT2D eigenvalue weighted by Crippen LogP contribution is 2.37. The molecule has 0 spiro atoms. The molecule has 1 N–H and O–H groups in total. The van der Waals surface area contributed by atoms with Crippen LogP contribution in [0.1, 0.15) is 33.1 Å². The maximum Gasteiger partial charge on any atom is 0.307 e. The van der Waals surface area contributed by atoms with Gasteiger partial charge in [0.15, 0.2) is 0 Å². The van der Waals surface area contributed by atoms with E-state index >= 15 is 0 Å².